The van der Waals surface area contributed by atoms with E-state index in [1.165, 1.54) is 0 Å². The molecule has 1 aromatic rings. The van der Waals surface area contributed by atoms with E-state index >= 15 is 0 Å². The second-order valence-corrected chi connectivity index (χ2v) is 7.34. The molecule has 30 heavy (non-hydrogen) atoms. The number of rotatable bonds is 7. The molecule has 1 aromatic carbocycles. The zero-order chi connectivity index (χ0) is 21.8. The maximum absolute atomic E-state index is 12.3. The second-order valence-electron chi connectivity index (χ2n) is 7.34. The van der Waals surface area contributed by atoms with Gasteiger partial charge in [0.05, 0.1) is 17.1 Å². The normalized spacial score (nSPS) is 14.4. The van der Waals surface area contributed by atoms with Crippen LogP contribution in [0.1, 0.15) is 45.1 Å². The topological polar surface area (TPSA) is 133 Å². The number of aliphatic hydroxyl groups is 2. The largest absolute Gasteiger partial charge is 0.396 e. The van der Waals surface area contributed by atoms with Crippen LogP contribution in [0.25, 0.3) is 22.6 Å². The van der Waals surface area contributed by atoms with E-state index in [1.54, 1.807) is 4.57 Å². The van der Waals surface area contributed by atoms with E-state index in [2.05, 4.69) is 20.3 Å². The van der Waals surface area contributed by atoms with Gasteiger partial charge < -0.3 is 20.1 Å². The number of aliphatic hydroxyl groups excluding tert-OH is 2. The number of anilines is 1. The molecule has 162 valence electrons. The summed E-state index contributed by atoms with van der Waals surface area (Å²) in [5.41, 5.74) is 2.12. The fourth-order valence-electron chi connectivity index (χ4n) is 3.35. The van der Waals surface area contributed by atoms with E-state index in [0.29, 0.717) is 24.5 Å². The number of fused-ring (bicyclic) bond motifs is 2. The van der Waals surface area contributed by atoms with Gasteiger partial charge in [0, 0.05) is 24.9 Å². The molecule has 0 aromatic heterocycles. The van der Waals surface area contributed by atoms with Crippen LogP contribution in [0.15, 0.2) is 21.7 Å². The molecule has 0 saturated heterocycles. The van der Waals surface area contributed by atoms with Gasteiger partial charge in [-0.15, -0.1) is 0 Å². The zero-order valence-corrected chi connectivity index (χ0v) is 17.6. The van der Waals surface area contributed by atoms with Crippen LogP contribution in [0.3, 0.4) is 0 Å². The Morgan fingerprint density at radius 3 is 2.63 bits per heavy atom. The van der Waals surface area contributed by atoms with E-state index in [9.17, 15) is 14.7 Å². The van der Waals surface area contributed by atoms with Crippen LogP contribution in [0.2, 0.25) is 0 Å². The summed E-state index contributed by atoms with van der Waals surface area (Å²) in [7, 11) is 0. The highest BCUT2D eigenvalue weighted by Crippen LogP contribution is 2.31. The lowest BCUT2D eigenvalue weighted by Crippen LogP contribution is -2.29. The van der Waals surface area contributed by atoms with Gasteiger partial charge in [-0.05, 0) is 50.3 Å². The molecule has 0 radical (unpaired) electrons. The smallest absolute Gasteiger partial charge is 0.349 e. The predicted molar refractivity (Wildman–Crippen MR) is 116 cm³/mol. The molecule has 2 aliphatic heterocycles. The fraction of sp³-hybridized carbons (Fsp3) is 0.524. The standard InChI is InChI=1S/C19H23N5O4.C2H6/c1-10-8-14-15(9-13(10)20-11-2-3-11)24(6-4-12(26)5-7-25)17-16(21-14)18(27)23-19(28)22-17;1-2/h8-9,11-12,20,25-26H,2-7H2,1H3,(H,23,27,28);1-2H3/t12-;/m0./s1. The van der Waals surface area contributed by atoms with Crippen molar-refractivity contribution in [2.45, 2.75) is 65.1 Å². The molecule has 4 N–H and O–H groups in total. The van der Waals surface area contributed by atoms with Gasteiger partial charge in [0.2, 0.25) is 0 Å². The average Bonchev–Trinajstić information content (AvgIpc) is 3.53. The highest BCUT2D eigenvalue weighted by Gasteiger charge is 2.23. The maximum Gasteiger partial charge on any atom is 0.349 e. The van der Waals surface area contributed by atoms with Crippen LogP contribution in [0, 0.1) is 6.92 Å². The molecular formula is C21H29N5O4. The molecule has 0 amide bonds. The molecule has 9 heteroatoms. The summed E-state index contributed by atoms with van der Waals surface area (Å²) in [4.78, 5) is 34.7. The van der Waals surface area contributed by atoms with Crippen LogP contribution in [-0.2, 0) is 6.54 Å². The third kappa shape index (κ3) is 4.68. The first-order chi connectivity index (χ1) is 14.5. The SMILES string of the molecule is CC.Cc1cc2nc3c(=O)[nH]c(=O)nc-3n(CC[C@H](O)CCO)c2cc1NC1CC1. The number of nitrogens with zero attached hydrogens (tertiary/aromatic N) is 3. The molecule has 0 bridgehead atoms. The number of nitrogens with one attached hydrogen (secondary N) is 2. The molecule has 2 heterocycles. The minimum Gasteiger partial charge on any atom is -0.396 e. The van der Waals surface area contributed by atoms with Crippen LogP contribution < -0.4 is 16.6 Å². The molecule has 3 aliphatic rings. The number of aryl methyl sites for hydroxylation is 2. The predicted octanol–water partition coefficient (Wildman–Crippen LogP) is 1.63. The summed E-state index contributed by atoms with van der Waals surface area (Å²) < 4.78 is 1.76. The quantitative estimate of drug-likeness (QED) is 0.431. The summed E-state index contributed by atoms with van der Waals surface area (Å²) in [6.45, 7) is 6.20. The minimum atomic E-state index is -0.730. The molecule has 1 fully saturated rings. The van der Waals surface area contributed by atoms with Gasteiger partial charge in [-0.25, -0.2) is 9.78 Å². The zero-order valence-electron chi connectivity index (χ0n) is 17.6. The van der Waals surface area contributed by atoms with Crippen molar-refractivity contribution in [2.24, 2.45) is 0 Å². The lowest BCUT2D eigenvalue weighted by Gasteiger charge is -2.20. The van der Waals surface area contributed by atoms with Crippen molar-refractivity contribution in [3.05, 3.63) is 38.5 Å². The summed E-state index contributed by atoms with van der Waals surface area (Å²) >= 11 is 0. The fourth-order valence-corrected chi connectivity index (χ4v) is 3.35. The van der Waals surface area contributed by atoms with E-state index < -0.39 is 17.4 Å². The number of aromatic nitrogens is 4. The molecular weight excluding hydrogens is 386 g/mol. The van der Waals surface area contributed by atoms with Crippen molar-refractivity contribution in [1.82, 2.24) is 19.5 Å². The summed E-state index contributed by atoms with van der Waals surface area (Å²) in [5, 5.41) is 22.5. The highest BCUT2D eigenvalue weighted by molar-refractivity contribution is 5.84. The van der Waals surface area contributed by atoms with E-state index in [1.807, 2.05) is 32.9 Å². The minimum absolute atomic E-state index is 0.0889. The van der Waals surface area contributed by atoms with Crippen molar-refractivity contribution in [2.75, 3.05) is 11.9 Å². The van der Waals surface area contributed by atoms with Gasteiger partial charge in [-0.1, -0.05) is 13.8 Å². The highest BCUT2D eigenvalue weighted by atomic mass is 16.3. The van der Waals surface area contributed by atoms with Gasteiger partial charge in [-0.2, -0.15) is 4.98 Å². The molecule has 1 aliphatic carbocycles. The van der Waals surface area contributed by atoms with E-state index in [-0.39, 0.29) is 24.5 Å². The third-order valence-electron chi connectivity index (χ3n) is 5.04. The first-order valence-electron chi connectivity index (χ1n) is 10.5. The van der Waals surface area contributed by atoms with Gasteiger partial charge in [-0.3, -0.25) is 9.78 Å². The summed E-state index contributed by atoms with van der Waals surface area (Å²) in [6, 6.07) is 4.34. The van der Waals surface area contributed by atoms with Crippen LogP contribution in [0.5, 0.6) is 0 Å². The Hall–Kier alpha value is -2.78. The Labute approximate surface area is 174 Å². The number of benzene rings is 1. The monoisotopic (exact) mass is 415 g/mol. The summed E-state index contributed by atoms with van der Waals surface area (Å²) in [6.07, 6.45) is 2.19. The Morgan fingerprint density at radius 2 is 1.97 bits per heavy atom. The number of hydrogen-bond acceptors (Lipinski definition) is 7. The second kappa shape index (κ2) is 9.36. The van der Waals surface area contributed by atoms with Gasteiger partial charge in [0.15, 0.2) is 11.5 Å². The van der Waals surface area contributed by atoms with Crippen molar-refractivity contribution >= 4 is 16.7 Å². The number of H-pyrrole nitrogens is 1. The molecule has 4 rings (SSSR count). The Balaban J connectivity index is 0.00000124. The lowest BCUT2D eigenvalue weighted by molar-refractivity contribution is 0.121. The lowest BCUT2D eigenvalue weighted by atomic mass is 10.1. The number of aromatic amines is 1. The molecule has 1 atom stereocenters. The molecule has 1 saturated carbocycles. The van der Waals surface area contributed by atoms with Gasteiger partial charge >= 0.3 is 5.69 Å². The van der Waals surface area contributed by atoms with Crippen LogP contribution >= 0.6 is 0 Å². The molecule has 0 unspecified atom stereocenters. The number of hydrogen-bond donors (Lipinski definition) is 4. The molecule has 0 spiro atoms. The first-order valence-corrected chi connectivity index (χ1v) is 10.5. The van der Waals surface area contributed by atoms with Gasteiger partial charge in [0.25, 0.3) is 5.56 Å². The van der Waals surface area contributed by atoms with Gasteiger partial charge in [0.1, 0.15) is 0 Å². The maximum atomic E-state index is 12.3. The van der Waals surface area contributed by atoms with Crippen molar-refractivity contribution in [1.29, 1.82) is 0 Å². The van der Waals surface area contributed by atoms with Crippen LogP contribution in [-0.4, -0.2) is 48.5 Å². The van der Waals surface area contributed by atoms with Crippen LogP contribution in [0.4, 0.5) is 5.69 Å². The molecule has 9 nitrogen and oxygen atoms in total. The van der Waals surface area contributed by atoms with Crippen molar-refractivity contribution in [3.8, 4) is 11.5 Å². The third-order valence-corrected chi connectivity index (χ3v) is 5.04. The Kier molecular flexibility index (Phi) is 6.84. The van der Waals surface area contributed by atoms with E-state index in [0.717, 1.165) is 29.6 Å². The van der Waals surface area contributed by atoms with E-state index in [4.69, 9.17) is 5.11 Å². The average molecular weight is 415 g/mol. The Bertz CT molecular complexity index is 1100. The first kappa shape index (κ1) is 21.9. The van der Waals surface area contributed by atoms with Crippen molar-refractivity contribution in [3.63, 3.8) is 0 Å². The summed E-state index contributed by atoms with van der Waals surface area (Å²) in [5.74, 6) is 0.193. The van der Waals surface area contributed by atoms with Crippen molar-refractivity contribution < 1.29 is 10.2 Å². The Morgan fingerprint density at radius 1 is 1.23 bits per heavy atom.